The van der Waals surface area contributed by atoms with E-state index in [0.29, 0.717) is 0 Å². The quantitative estimate of drug-likeness (QED) is 0.812. The number of carbonyl (C=O) groups excluding carboxylic acids is 1. The van der Waals surface area contributed by atoms with E-state index in [0.717, 1.165) is 24.2 Å². The molecule has 0 aliphatic rings. The molecule has 1 unspecified atom stereocenters. The predicted octanol–water partition coefficient (Wildman–Crippen LogP) is 2.56. The second-order valence-corrected chi connectivity index (χ2v) is 5.05. The second kappa shape index (κ2) is 8.52. The zero-order valence-electron chi connectivity index (χ0n) is 13.3. The first kappa shape index (κ1) is 17.3. The molecule has 1 aromatic rings. The highest BCUT2D eigenvalue weighted by atomic mass is 16.5. The Morgan fingerprint density at radius 2 is 1.86 bits per heavy atom. The van der Waals surface area contributed by atoms with E-state index in [9.17, 15) is 9.90 Å². The summed E-state index contributed by atoms with van der Waals surface area (Å²) in [5.74, 6) is 0.750. The monoisotopic (exact) mass is 294 g/mol. The number of nitrogens with zero attached hydrogens (tertiary/aromatic N) is 1. The van der Waals surface area contributed by atoms with Gasteiger partial charge in [-0.25, -0.2) is 4.79 Å². The molecule has 0 saturated carbocycles. The molecule has 2 N–H and O–H groups in total. The minimum absolute atomic E-state index is 0.126. The Kier molecular flexibility index (Phi) is 7.02. The van der Waals surface area contributed by atoms with E-state index >= 15 is 0 Å². The van der Waals surface area contributed by atoms with Gasteiger partial charge in [-0.15, -0.1) is 0 Å². The zero-order chi connectivity index (χ0) is 15.8. The fraction of sp³-hybridized carbons (Fsp3) is 0.562. The van der Waals surface area contributed by atoms with Gasteiger partial charge in [0.15, 0.2) is 0 Å². The largest absolute Gasteiger partial charge is 0.497 e. The highest BCUT2D eigenvalue weighted by Gasteiger charge is 2.22. The van der Waals surface area contributed by atoms with Crippen molar-refractivity contribution in [3.05, 3.63) is 29.8 Å². The maximum Gasteiger partial charge on any atom is 0.317 e. The molecule has 5 nitrogen and oxygen atoms in total. The topological polar surface area (TPSA) is 61.8 Å². The van der Waals surface area contributed by atoms with Gasteiger partial charge in [0.2, 0.25) is 0 Å². The molecule has 0 aliphatic carbocycles. The molecule has 0 bridgehead atoms. The molecule has 1 atom stereocenters. The summed E-state index contributed by atoms with van der Waals surface area (Å²) in [6, 6.07) is 7.00. The third-order valence-electron chi connectivity index (χ3n) is 3.77. The van der Waals surface area contributed by atoms with Crippen LogP contribution in [0.5, 0.6) is 5.75 Å². The molecule has 2 amide bonds. The van der Waals surface area contributed by atoms with Gasteiger partial charge in [0.25, 0.3) is 0 Å². The Bertz CT molecular complexity index is 430. The normalized spacial score (nSPS) is 12.1. The first-order valence-electron chi connectivity index (χ1n) is 7.35. The minimum atomic E-state index is -0.370. The third-order valence-corrected chi connectivity index (χ3v) is 3.77. The lowest BCUT2D eigenvalue weighted by Crippen LogP contribution is -2.45. The smallest absolute Gasteiger partial charge is 0.317 e. The number of hydrogen-bond donors (Lipinski definition) is 2. The first-order valence-corrected chi connectivity index (χ1v) is 7.35. The van der Waals surface area contributed by atoms with Crippen LogP contribution in [0.4, 0.5) is 4.79 Å². The lowest BCUT2D eigenvalue weighted by Gasteiger charge is -2.29. The lowest BCUT2D eigenvalue weighted by molar-refractivity contribution is 0.147. The SMILES string of the molecule is CCC(CC)NC(=O)N(C)C(CO)c1ccc(OC)cc1. The summed E-state index contributed by atoms with van der Waals surface area (Å²) in [6.07, 6.45) is 1.78. The Labute approximate surface area is 126 Å². The molecular weight excluding hydrogens is 268 g/mol. The van der Waals surface area contributed by atoms with E-state index in [4.69, 9.17) is 4.74 Å². The minimum Gasteiger partial charge on any atom is -0.497 e. The van der Waals surface area contributed by atoms with E-state index in [2.05, 4.69) is 5.32 Å². The summed E-state index contributed by atoms with van der Waals surface area (Å²) in [7, 11) is 3.30. The van der Waals surface area contributed by atoms with Gasteiger partial charge < -0.3 is 20.1 Å². The summed E-state index contributed by atoms with van der Waals surface area (Å²) in [5, 5.41) is 12.6. The van der Waals surface area contributed by atoms with Gasteiger partial charge in [0, 0.05) is 13.1 Å². The van der Waals surface area contributed by atoms with Crippen LogP contribution in [0.15, 0.2) is 24.3 Å². The van der Waals surface area contributed by atoms with Crippen LogP contribution in [0.25, 0.3) is 0 Å². The summed E-state index contributed by atoms with van der Waals surface area (Å²) < 4.78 is 5.12. The van der Waals surface area contributed by atoms with Crippen LogP contribution in [0.3, 0.4) is 0 Å². The van der Waals surface area contributed by atoms with Crippen molar-refractivity contribution in [1.82, 2.24) is 10.2 Å². The number of carbonyl (C=O) groups is 1. The average Bonchev–Trinajstić information content (AvgIpc) is 2.53. The Morgan fingerprint density at radius 3 is 2.29 bits per heavy atom. The summed E-state index contributed by atoms with van der Waals surface area (Å²) in [4.78, 5) is 13.8. The van der Waals surface area contributed by atoms with Crippen molar-refractivity contribution < 1.29 is 14.6 Å². The highest BCUT2D eigenvalue weighted by molar-refractivity contribution is 5.74. The molecule has 0 aliphatic heterocycles. The second-order valence-electron chi connectivity index (χ2n) is 5.05. The molecule has 1 rings (SSSR count). The molecule has 0 heterocycles. The number of nitrogens with one attached hydrogen (secondary N) is 1. The number of likely N-dealkylation sites (N-methyl/N-ethyl adjacent to an activating group) is 1. The average molecular weight is 294 g/mol. The van der Waals surface area contributed by atoms with Crippen molar-refractivity contribution in [3.63, 3.8) is 0 Å². The summed E-state index contributed by atoms with van der Waals surface area (Å²) in [6.45, 7) is 3.96. The van der Waals surface area contributed by atoms with Crippen LogP contribution >= 0.6 is 0 Å². The van der Waals surface area contributed by atoms with Crippen molar-refractivity contribution in [2.45, 2.75) is 38.8 Å². The molecule has 0 radical (unpaired) electrons. The van der Waals surface area contributed by atoms with Crippen LogP contribution in [0.2, 0.25) is 0 Å². The first-order chi connectivity index (χ1) is 10.1. The van der Waals surface area contributed by atoms with Crippen molar-refractivity contribution in [2.24, 2.45) is 0 Å². The molecule has 0 fully saturated rings. The summed E-state index contributed by atoms with van der Waals surface area (Å²) >= 11 is 0. The molecular formula is C16H26N2O3. The van der Waals surface area contributed by atoms with Gasteiger partial charge in [0.05, 0.1) is 19.8 Å². The molecule has 1 aromatic carbocycles. The van der Waals surface area contributed by atoms with Crippen LogP contribution in [-0.2, 0) is 0 Å². The molecule has 118 valence electrons. The van der Waals surface area contributed by atoms with Gasteiger partial charge >= 0.3 is 6.03 Å². The van der Waals surface area contributed by atoms with E-state index < -0.39 is 0 Å². The van der Waals surface area contributed by atoms with Crippen LogP contribution in [0.1, 0.15) is 38.3 Å². The maximum atomic E-state index is 12.2. The van der Waals surface area contributed by atoms with E-state index in [-0.39, 0.29) is 24.7 Å². The number of aliphatic hydroxyl groups excluding tert-OH is 1. The Balaban J connectivity index is 2.79. The Morgan fingerprint density at radius 1 is 1.29 bits per heavy atom. The van der Waals surface area contributed by atoms with E-state index in [1.807, 2.05) is 38.1 Å². The van der Waals surface area contributed by atoms with Crippen molar-refractivity contribution >= 4 is 6.03 Å². The molecule has 0 spiro atoms. The third kappa shape index (κ3) is 4.63. The molecule has 0 saturated heterocycles. The summed E-state index contributed by atoms with van der Waals surface area (Å²) in [5.41, 5.74) is 0.875. The number of hydrogen-bond acceptors (Lipinski definition) is 3. The zero-order valence-corrected chi connectivity index (χ0v) is 13.3. The number of rotatable bonds is 7. The Hall–Kier alpha value is -1.75. The van der Waals surface area contributed by atoms with Crippen LogP contribution in [-0.4, -0.2) is 42.8 Å². The van der Waals surface area contributed by atoms with E-state index in [1.165, 1.54) is 0 Å². The van der Waals surface area contributed by atoms with Gasteiger partial charge in [-0.2, -0.15) is 0 Å². The number of methoxy groups -OCH3 is 1. The fourth-order valence-electron chi connectivity index (χ4n) is 2.19. The molecule has 0 aromatic heterocycles. The molecule has 5 heteroatoms. The van der Waals surface area contributed by atoms with Gasteiger partial charge in [0.1, 0.15) is 5.75 Å². The standard InChI is InChI=1S/C16H26N2O3/c1-5-13(6-2)17-16(20)18(3)15(11-19)12-7-9-14(21-4)10-8-12/h7-10,13,15,19H,5-6,11H2,1-4H3,(H,17,20). The lowest BCUT2D eigenvalue weighted by atomic mass is 10.1. The maximum absolute atomic E-state index is 12.2. The number of urea groups is 1. The number of benzene rings is 1. The van der Waals surface area contributed by atoms with Gasteiger partial charge in [-0.3, -0.25) is 0 Å². The van der Waals surface area contributed by atoms with Crippen LogP contribution in [0, 0.1) is 0 Å². The van der Waals surface area contributed by atoms with Crippen molar-refractivity contribution in [3.8, 4) is 5.75 Å². The van der Waals surface area contributed by atoms with Crippen LogP contribution < -0.4 is 10.1 Å². The fourth-order valence-corrected chi connectivity index (χ4v) is 2.19. The molecule has 21 heavy (non-hydrogen) atoms. The van der Waals surface area contributed by atoms with Gasteiger partial charge in [-0.05, 0) is 30.5 Å². The predicted molar refractivity (Wildman–Crippen MR) is 83.5 cm³/mol. The van der Waals surface area contributed by atoms with E-state index in [1.54, 1.807) is 19.1 Å². The number of aliphatic hydroxyl groups is 1. The highest BCUT2D eigenvalue weighted by Crippen LogP contribution is 2.22. The van der Waals surface area contributed by atoms with Crippen molar-refractivity contribution in [1.29, 1.82) is 0 Å². The van der Waals surface area contributed by atoms with Gasteiger partial charge in [-0.1, -0.05) is 26.0 Å². The number of amides is 2. The number of ether oxygens (including phenoxy) is 1. The van der Waals surface area contributed by atoms with Crippen molar-refractivity contribution in [2.75, 3.05) is 20.8 Å².